The first-order valence-corrected chi connectivity index (χ1v) is 9.48. The second kappa shape index (κ2) is 8.02. The standard InChI is InChI=1S/C22H17N3O2S/c1-27-18-9-7-15(8-10-18)19-20(16-11-13-23-14-12-16)28-22(24-19)25-21(26)17-5-3-2-4-6-17/h2-14H,1H3,(H,24,25,26). The molecule has 0 spiro atoms. The summed E-state index contributed by atoms with van der Waals surface area (Å²) >= 11 is 1.44. The van der Waals surface area contributed by atoms with Crippen molar-refractivity contribution < 1.29 is 9.53 Å². The van der Waals surface area contributed by atoms with Crippen LogP contribution in [-0.2, 0) is 0 Å². The number of carbonyl (C=O) groups excluding carboxylic acids is 1. The lowest BCUT2D eigenvalue weighted by Crippen LogP contribution is -2.11. The zero-order valence-corrected chi connectivity index (χ0v) is 15.9. The van der Waals surface area contributed by atoms with Crippen molar-refractivity contribution in [3.8, 4) is 27.4 Å². The van der Waals surface area contributed by atoms with Crippen molar-refractivity contribution in [2.45, 2.75) is 0 Å². The number of nitrogens with one attached hydrogen (secondary N) is 1. The molecule has 5 nitrogen and oxygen atoms in total. The summed E-state index contributed by atoms with van der Waals surface area (Å²) in [5.74, 6) is 0.596. The first-order chi connectivity index (χ1) is 13.7. The van der Waals surface area contributed by atoms with Crippen LogP contribution >= 0.6 is 11.3 Å². The van der Waals surface area contributed by atoms with E-state index in [1.54, 1.807) is 31.6 Å². The number of thiazole rings is 1. The minimum Gasteiger partial charge on any atom is -0.497 e. The molecule has 0 radical (unpaired) electrons. The molecule has 0 aliphatic heterocycles. The van der Waals surface area contributed by atoms with E-state index in [1.807, 2.05) is 54.6 Å². The largest absolute Gasteiger partial charge is 0.497 e. The van der Waals surface area contributed by atoms with Gasteiger partial charge in [0, 0.05) is 23.5 Å². The van der Waals surface area contributed by atoms with Gasteiger partial charge >= 0.3 is 0 Å². The smallest absolute Gasteiger partial charge is 0.257 e. The highest BCUT2D eigenvalue weighted by Crippen LogP contribution is 2.39. The van der Waals surface area contributed by atoms with E-state index >= 15 is 0 Å². The Bertz CT molecular complexity index is 1080. The highest BCUT2D eigenvalue weighted by Gasteiger charge is 2.17. The number of rotatable bonds is 5. The summed E-state index contributed by atoms with van der Waals surface area (Å²) in [5.41, 5.74) is 3.35. The van der Waals surface area contributed by atoms with Gasteiger partial charge in [-0.3, -0.25) is 15.1 Å². The van der Waals surface area contributed by atoms with Crippen LogP contribution in [0.2, 0.25) is 0 Å². The molecule has 2 heterocycles. The first-order valence-electron chi connectivity index (χ1n) is 8.66. The molecule has 0 bridgehead atoms. The molecule has 0 aliphatic rings. The van der Waals surface area contributed by atoms with Gasteiger partial charge < -0.3 is 4.74 Å². The molecule has 1 amide bonds. The fourth-order valence-corrected chi connectivity index (χ4v) is 3.76. The lowest BCUT2D eigenvalue weighted by molar-refractivity contribution is 0.102. The number of ether oxygens (including phenoxy) is 1. The molecule has 0 saturated heterocycles. The Morgan fingerprint density at radius 3 is 2.32 bits per heavy atom. The Hall–Kier alpha value is -3.51. The van der Waals surface area contributed by atoms with Gasteiger partial charge in [0.15, 0.2) is 5.13 Å². The third kappa shape index (κ3) is 3.77. The van der Waals surface area contributed by atoms with Crippen LogP contribution in [-0.4, -0.2) is 23.0 Å². The van der Waals surface area contributed by atoms with Crippen molar-refractivity contribution in [3.63, 3.8) is 0 Å². The molecule has 2 aromatic heterocycles. The highest BCUT2D eigenvalue weighted by atomic mass is 32.1. The number of hydrogen-bond acceptors (Lipinski definition) is 5. The van der Waals surface area contributed by atoms with Crippen LogP contribution in [0, 0.1) is 0 Å². The fourth-order valence-electron chi connectivity index (χ4n) is 2.78. The molecular weight excluding hydrogens is 370 g/mol. The Labute approximate surface area is 166 Å². The summed E-state index contributed by atoms with van der Waals surface area (Å²) in [5, 5.41) is 3.46. The molecule has 0 fully saturated rings. The lowest BCUT2D eigenvalue weighted by atomic mass is 10.1. The van der Waals surface area contributed by atoms with Crippen molar-refractivity contribution in [3.05, 3.63) is 84.7 Å². The van der Waals surface area contributed by atoms with Gasteiger partial charge in [0.05, 0.1) is 17.7 Å². The van der Waals surface area contributed by atoms with E-state index < -0.39 is 0 Å². The summed E-state index contributed by atoms with van der Waals surface area (Å²) in [4.78, 5) is 22.3. The molecule has 2 aromatic carbocycles. The quantitative estimate of drug-likeness (QED) is 0.515. The van der Waals surface area contributed by atoms with E-state index in [-0.39, 0.29) is 5.91 Å². The highest BCUT2D eigenvalue weighted by molar-refractivity contribution is 7.19. The summed E-state index contributed by atoms with van der Waals surface area (Å²) in [6, 6.07) is 20.7. The molecule has 6 heteroatoms. The number of anilines is 1. The number of hydrogen-bond donors (Lipinski definition) is 1. The third-order valence-electron chi connectivity index (χ3n) is 4.19. The summed E-state index contributed by atoms with van der Waals surface area (Å²) < 4.78 is 5.24. The number of carbonyl (C=O) groups is 1. The van der Waals surface area contributed by atoms with Gasteiger partial charge in [-0.15, -0.1) is 0 Å². The first kappa shape index (κ1) is 17.9. The molecule has 138 valence electrons. The molecule has 0 atom stereocenters. The van der Waals surface area contributed by atoms with Crippen molar-refractivity contribution >= 4 is 22.4 Å². The average Bonchev–Trinajstić information content (AvgIpc) is 3.19. The maximum atomic E-state index is 12.5. The maximum Gasteiger partial charge on any atom is 0.257 e. The topological polar surface area (TPSA) is 64.1 Å². The van der Waals surface area contributed by atoms with Crippen LogP contribution in [0.1, 0.15) is 10.4 Å². The Kier molecular flexibility index (Phi) is 5.12. The Balaban J connectivity index is 1.72. The van der Waals surface area contributed by atoms with E-state index in [0.717, 1.165) is 27.4 Å². The normalized spacial score (nSPS) is 10.5. The monoisotopic (exact) mass is 387 g/mol. The number of aromatic nitrogens is 2. The fraction of sp³-hybridized carbons (Fsp3) is 0.0455. The van der Waals surface area contributed by atoms with Crippen LogP contribution in [0.4, 0.5) is 5.13 Å². The minimum absolute atomic E-state index is 0.183. The van der Waals surface area contributed by atoms with E-state index in [4.69, 9.17) is 9.72 Å². The molecule has 0 aliphatic carbocycles. The summed E-state index contributed by atoms with van der Waals surface area (Å²) in [6.07, 6.45) is 3.49. The zero-order valence-electron chi connectivity index (χ0n) is 15.1. The number of nitrogens with zero attached hydrogens (tertiary/aromatic N) is 2. The minimum atomic E-state index is -0.183. The van der Waals surface area contributed by atoms with Crippen molar-refractivity contribution in [1.29, 1.82) is 0 Å². The molecule has 4 rings (SSSR count). The van der Waals surface area contributed by atoms with Crippen LogP contribution in [0.3, 0.4) is 0 Å². The van der Waals surface area contributed by atoms with E-state index in [0.29, 0.717) is 10.7 Å². The van der Waals surface area contributed by atoms with Gasteiger partial charge in [-0.25, -0.2) is 4.98 Å². The molecule has 0 unspecified atom stereocenters. The lowest BCUT2D eigenvalue weighted by Gasteiger charge is -2.04. The average molecular weight is 387 g/mol. The van der Waals surface area contributed by atoms with Crippen molar-refractivity contribution in [1.82, 2.24) is 9.97 Å². The zero-order chi connectivity index (χ0) is 19.3. The van der Waals surface area contributed by atoms with Gasteiger partial charge in [-0.05, 0) is 54.1 Å². The SMILES string of the molecule is COc1ccc(-c2nc(NC(=O)c3ccccc3)sc2-c2ccncc2)cc1. The van der Waals surface area contributed by atoms with Crippen LogP contribution in [0.25, 0.3) is 21.7 Å². The van der Waals surface area contributed by atoms with Crippen molar-refractivity contribution in [2.24, 2.45) is 0 Å². The maximum absolute atomic E-state index is 12.5. The third-order valence-corrected chi connectivity index (χ3v) is 5.21. The summed E-state index contributed by atoms with van der Waals surface area (Å²) in [7, 11) is 1.64. The van der Waals surface area contributed by atoms with Gasteiger partial charge in [-0.2, -0.15) is 0 Å². The number of methoxy groups -OCH3 is 1. The predicted octanol–water partition coefficient (Wildman–Crippen LogP) is 5.13. The molecule has 28 heavy (non-hydrogen) atoms. The van der Waals surface area contributed by atoms with E-state index in [1.165, 1.54) is 11.3 Å². The number of amides is 1. The molecule has 1 N–H and O–H groups in total. The Morgan fingerprint density at radius 2 is 1.64 bits per heavy atom. The molecule has 0 saturated carbocycles. The Morgan fingerprint density at radius 1 is 0.929 bits per heavy atom. The summed E-state index contributed by atoms with van der Waals surface area (Å²) in [6.45, 7) is 0. The number of benzene rings is 2. The van der Waals surface area contributed by atoms with Crippen molar-refractivity contribution in [2.75, 3.05) is 12.4 Å². The van der Waals surface area contributed by atoms with Gasteiger partial charge in [0.1, 0.15) is 5.75 Å². The van der Waals surface area contributed by atoms with Crippen LogP contribution in [0.5, 0.6) is 5.75 Å². The van der Waals surface area contributed by atoms with E-state index in [2.05, 4.69) is 10.3 Å². The number of pyridine rings is 1. The molecular formula is C22H17N3O2S. The van der Waals surface area contributed by atoms with Gasteiger partial charge in [0.2, 0.25) is 0 Å². The van der Waals surface area contributed by atoms with Crippen LogP contribution < -0.4 is 10.1 Å². The van der Waals surface area contributed by atoms with Crippen LogP contribution in [0.15, 0.2) is 79.1 Å². The second-order valence-electron chi connectivity index (χ2n) is 5.98. The predicted molar refractivity (Wildman–Crippen MR) is 112 cm³/mol. The molecule has 4 aromatic rings. The van der Waals surface area contributed by atoms with E-state index in [9.17, 15) is 4.79 Å². The van der Waals surface area contributed by atoms with Gasteiger partial charge in [0.25, 0.3) is 5.91 Å². The second-order valence-corrected chi connectivity index (χ2v) is 6.98. The van der Waals surface area contributed by atoms with Gasteiger partial charge in [-0.1, -0.05) is 29.5 Å².